The van der Waals surface area contributed by atoms with E-state index in [2.05, 4.69) is 5.32 Å². The van der Waals surface area contributed by atoms with Crippen molar-refractivity contribution in [1.82, 2.24) is 4.57 Å². The number of fused-ring (bicyclic) bond motifs is 1. The molecule has 0 spiro atoms. The van der Waals surface area contributed by atoms with Gasteiger partial charge in [-0.25, -0.2) is 0 Å². The Balaban J connectivity index is 1.59. The summed E-state index contributed by atoms with van der Waals surface area (Å²) in [4.78, 5) is 23.1. The molecular formula is C24H16N4O3. The fraction of sp³-hybridized carbons (Fsp3) is 0. The number of hydrogen-bond acceptors (Lipinski definition) is 4. The van der Waals surface area contributed by atoms with Crippen LogP contribution >= 0.6 is 0 Å². The molecule has 7 nitrogen and oxygen atoms in total. The van der Waals surface area contributed by atoms with Crippen LogP contribution in [-0.4, -0.2) is 15.4 Å². The van der Waals surface area contributed by atoms with Crippen molar-refractivity contribution < 1.29 is 9.72 Å². The quantitative estimate of drug-likeness (QED) is 0.215. The van der Waals surface area contributed by atoms with E-state index in [0.29, 0.717) is 17.1 Å². The van der Waals surface area contributed by atoms with Gasteiger partial charge in [-0.3, -0.25) is 14.9 Å². The van der Waals surface area contributed by atoms with Crippen LogP contribution in [0.2, 0.25) is 0 Å². The third kappa shape index (κ3) is 4.18. The zero-order chi connectivity index (χ0) is 21.8. The van der Waals surface area contributed by atoms with Crippen molar-refractivity contribution in [3.8, 4) is 11.8 Å². The van der Waals surface area contributed by atoms with E-state index in [9.17, 15) is 20.2 Å². The fourth-order valence-electron chi connectivity index (χ4n) is 3.24. The Morgan fingerprint density at radius 3 is 2.45 bits per heavy atom. The van der Waals surface area contributed by atoms with Crippen molar-refractivity contribution in [2.24, 2.45) is 0 Å². The van der Waals surface area contributed by atoms with Gasteiger partial charge in [0, 0.05) is 35.4 Å². The van der Waals surface area contributed by atoms with Crippen LogP contribution in [0, 0.1) is 21.4 Å². The van der Waals surface area contributed by atoms with E-state index in [1.807, 2.05) is 42.5 Å². The number of rotatable bonds is 5. The molecule has 0 aliphatic heterocycles. The van der Waals surface area contributed by atoms with Crippen LogP contribution in [0.25, 0.3) is 22.5 Å². The number of nitro benzene ring substituents is 1. The molecule has 1 amide bonds. The van der Waals surface area contributed by atoms with Gasteiger partial charge in [-0.15, -0.1) is 0 Å². The number of carbonyl (C=O) groups excluding carboxylic acids is 1. The van der Waals surface area contributed by atoms with Crippen LogP contribution < -0.4 is 5.32 Å². The maximum Gasteiger partial charge on any atom is 0.269 e. The molecule has 150 valence electrons. The lowest BCUT2D eigenvalue weighted by Crippen LogP contribution is -2.13. The molecule has 0 saturated heterocycles. The van der Waals surface area contributed by atoms with E-state index in [1.165, 1.54) is 18.2 Å². The number of nitrogens with one attached hydrogen (secondary N) is 1. The highest BCUT2D eigenvalue weighted by molar-refractivity contribution is 6.10. The van der Waals surface area contributed by atoms with Gasteiger partial charge in [0.05, 0.1) is 4.92 Å². The summed E-state index contributed by atoms with van der Waals surface area (Å²) in [5.41, 5.74) is 1.79. The van der Waals surface area contributed by atoms with Crippen LogP contribution in [0.15, 0.2) is 90.6 Å². The molecule has 31 heavy (non-hydrogen) atoms. The summed E-state index contributed by atoms with van der Waals surface area (Å²) >= 11 is 0. The third-order valence-corrected chi connectivity index (χ3v) is 4.78. The van der Waals surface area contributed by atoms with Gasteiger partial charge in [0.2, 0.25) is 0 Å². The first kappa shape index (κ1) is 19.6. The third-order valence-electron chi connectivity index (χ3n) is 4.78. The van der Waals surface area contributed by atoms with Gasteiger partial charge in [-0.05, 0) is 53.2 Å². The molecule has 0 fully saturated rings. The minimum Gasteiger partial charge on any atom is -0.321 e. The van der Waals surface area contributed by atoms with Gasteiger partial charge < -0.3 is 9.88 Å². The van der Waals surface area contributed by atoms with E-state index in [0.717, 1.165) is 10.8 Å². The fourth-order valence-corrected chi connectivity index (χ4v) is 3.24. The second-order valence-electron chi connectivity index (χ2n) is 6.76. The van der Waals surface area contributed by atoms with E-state index in [-0.39, 0.29) is 11.3 Å². The number of hydrogen-bond donors (Lipinski definition) is 1. The highest BCUT2D eigenvalue weighted by Crippen LogP contribution is 2.21. The molecule has 1 heterocycles. The van der Waals surface area contributed by atoms with Crippen molar-refractivity contribution in [3.05, 3.63) is 106 Å². The number of nitro groups is 1. The molecule has 7 heteroatoms. The first-order valence-corrected chi connectivity index (χ1v) is 9.39. The lowest BCUT2D eigenvalue weighted by atomic mass is 10.1. The second-order valence-corrected chi connectivity index (χ2v) is 6.76. The van der Waals surface area contributed by atoms with Crippen LogP contribution in [0.4, 0.5) is 11.4 Å². The number of aromatic nitrogens is 1. The molecule has 4 rings (SSSR count). The van der Waals surface area contributed by atoms with Gasteiger partial charge in [0.25, 0.3) is 11.6 Å². The molecule has 1 aromatic heterocycles. The van der Waals surface area contributed by atoms with Crippen molar-refractivity contribution in [3.63, 3.8) is 0 Å². The number of carbonyl (C=O) groups is 1. The largest absolute Gasteiger partial charge is 0.321 e. The minimum atomic E-state index is -0.519. The van der Waals surface area contributed by atoms with Crippen LogP contribution in [0.1, 0.15) is 5.69 Å². The predicted molar refractivity (Wildman–Crippen MR) is 119 cm³/mol. The molecule has 0 atom stereocenters. The van der Waals surface area contributed by atoms with Gasteiger partial charge in [0.15, 0.2) is 0 Å². The zero-order valence-electron chi connectivity index (χ0n) is 16.2. The number of benzene rings is 3. The summed E-state index contributed by atoms with van der Waals surface area (Å²) in [6.07, 6.45) is 3.24. The molecule has 0 aliphatic carbocycles. The summed E-state index contributed by atoms with van der Waals surface area (Å²) in [6.45, 7) is 0. The summed E-state index contributed by atoms with van der Waals surface area (Å²) in [5, 5.41) is 25.2. The minimum absolute atomic E-state index is 0.0134. The van der Waals surface area contributed by atoms with Crippen molar-refractivity contribution in [1.29, 1.82) is 5.26 Å². The molecule has 3 aromatic carbocycles. The molecule has 0 radical (unpaired) electrons. The standard InChI is InChI=1S/C24H16N4O3/c25-16-19(24(29)26-20-8-7-17-4-1-2-5-18(17)14-20)15-23-6-3-13-27(23)21-9-11-22(12-10-21)28(30)31/h1-15H,(H,26,29). The number of amides is 1. The highest BCUT2D eigenvalue weighted by atomic mass is 16.6. The Kier molecular flexibility index (Phi) is 5.28. The summed E-state index contributed by atoms with van der Waals surface area (Å²) in [5.74, 6) is -0.519. The maximum absolute atomic E-state index is 12.7. The number of anilines is 1. The van der Waals surface area contributed by atoms with Crippen LogP contribution in [-0.2, 0) is 4.79 Å². The molecule has 4 aromatic rings. The Morgan fingerprint density at radius 1 is 1.00 bits per heavy atom. The van der Waals surface area contributed by atoms with Gasteiger partial charge in [-0.1, -0.05) is 30.3 Å². The molecule has 0 aliphatic rings. The van der Waals surface area contributed by atoms with E-state index in [4.69, 9.17) is 0 Å². The SMILES string of the molecule is N#CC(=Cc1cccn1-c1ccc([N+](=O)[O-])cc1)C(=O)Nc1ccc2ccccc2c1. The summed E-state index contributed by atoms with van der Waals surface area (Å²) < 4.78 is 1.74. The second kappa shape index (κ2) is 8.35. The van der Waals surface area contributed by atoms with Crippen molar-refractivity contribution in [2.45, 2.75) is 0 Å². The van der Waals surface area contributed by atoms with Gasteiger partial charge >= 0.3 is 0 Å². The molecule has 0 bridgehead atoms. The van der Waals surface area contributed by atoms with Gasteiger partial charge in [0.1, 0.15) is 11.6 Å². The first-order valence-electron chi connectivity index (χ1n) is 9.39. The molecule has 1 N–H and O–H groups in total. The predicted octanol–water partition coefficient (Wildman–Crippen LogP) is 5.08. The smallest absolute Gasteiger partial charge is 0.269 e. The topological polar surface area (TPSA) is 101 Å². The lowest BCUT2D eigenvalue weighted by molar-refractivity contribution is -0.384. The Morgan fingerprint density at radius 2 is 1.74 bits per heavy atom. The summed E-state index contributed by atoms with van der Waals surface area (Å²) in [7, 11) is 0. The van der Waals surface area contributed by atoms with E-state index in [1.54, 1.807) is 41.1 Å². The van der Waals surface area contributed by atoms with Crippen molar-refractivity contribution in [2.75, 3.05) is 5.32 Å². The average molecular weight is 408 g/mol. The first-order chi connectivity index (χ1) is 15.0. The summed E-state index contributed by atoms with van der Waals surface area (Å²) in [6, 6.07) is 24.8. The number of non-ortho nitro benzene ring substituents is 1. The number of nitrogens with zero attached hydrogens (tertiary/aromatic N) is 3. The Labute approximate surface area is 177 Å². The molecule has 0 saturated carbocycles. The average Bonchev–Trinajstić information content (AvgIpc) is 3.25. The number of nitriles is 1. The van der Waals surface area contributed by atoms with E-state index >= 15 is 0 Å². The van der Waals surface area contributed by atoms with Crippen molar-refractivity contribution >= 4 is 34.1 Å². The normalized spacial score (nSPS) is 11.1. The van der Waals surface area contributed by atoms with Gasteiger partial charge in [-0.2, -0.15) is 5.26 Å². The van der Waals surface area contributed by atoms with Crippen LogP contribution in [0.3, 0.4) is 0 Å². The molecular weight excluding hydrogens is 392 g/mol. The maximum atomic E-state index is 12.7. The lowest BCUT2D eigenvalue weighted by Gasteiger charge is -2.08. The monoisotopic (exact) mass is 408 g/mol. The molecule has 0 unspecified atom stereocenters. The van der Waals surface area contributed by atoms with E-state index < -0.39 is 10.8 Å². The Bertz CT molecular complexity index is 1360. The van der Waals surface area contributed by atoms with Crippen LogP contribution in [0.5, 0.6) is 0 Å². The zero-order valence-corrected chi connectivity index (χ0v) is 16.2. The Hall–Kier alpha value is -4.70. The highest BCUT2D eigenvalue weighted by Gasteiger charge is 2.12.